The Kier molecular flexibility index (Phi) is 1.96. The first kappa shape index (κ1) is 8.74. The number of carbonyl (C=O) groups excluding carboxylic acids is 1. The van der Waals surface area contributed by atoms with E-state index in [4.69, 9.17) is 10.2 Å². The van der Waals surface area contributed by atoms with E-state index >= 15 is 0 Å². The van der Waals surface area contributed by atoms with Crippen LogP contribution in [0.25, 0.3) is 11.1 Å². The van der Waals surface area contributed by atoms with Gasteiger partial charge in [-0.05, 0) is 18.2 Å². The highest BCUT2D eigenvalue weighted by Gasteiger charge is 2.06. The Morgan fingerprint density at radius 1 is 1.57 bits per heavy atom. The monoisotopic (exact) mass is 190 g/mol. The number of hydrogen-bond acceptors (Lipinski definition) is 3. The van der Waals surface area contributed by atoms with Crippen LogP contribution in [0.1, 0.15) is 23.2 Å². The molecule has 2 rings (SSSR count). The summed E-state index contributed by atoms with van der Waals surface area (Å²) in [6.07, 6.45) is 0.737. The first-order chi connectivity index (χ1) is 6.70. The second-order valence-corrected chi connectivity index (χ2v) is 3.01. The zero-order valence-electron chi connectivity index (χ0n) is 7.78. The topological polar surface area (TPSA) is 69.1 Å². The van der Waals surface area contributed by atoms with Crippen molar-refractivity contribution in [1.82, 2.24) is 4.98 Å². The lowest BCUT2D eigenvalue weighted by Gasteiger charge is -1.92. The van der Waals surface area contributed by atoms with Gasteiger partial charge >= 0.3 is 0 Å². The second kappa shape index (κ2) is 3.14. The van der Waals surface area contributed by atoms with Crippen molar-refractivity contribution in [2.24, 2.45) is 5.73 Å². The Hall–Kier alpha value is -1.84. The van der Waals surface area contributed by atoms with Crippen LogP contribution in [0.3, 0.4) is 0 Å². The predicted molar refractivity (Wildman–Crippen MR) is 51.9 cm³/mol. The van der Waals surface area contributed by atoms with E-state index in [0.29, 0.717) is 17.0 Å². The maximum absolute atomic E-state index is 10.9. The quantitative estimate of drug-likeness (QED) is 0.779. The van der Waals surface area contributed by atoms with Gasteiger partial charge in [-0.15, -0.1) is 0 Å². The van der Waals surface area contributed by atoms with Gasteiger partial charge in [-0.2, -0.15) is 0 Å². The number of fused-ring (bicyclic) bond motifs is 1. The Labute approximate surface area is 80.7 Å². The molecule has 0 bridgehead atoms. The number of aryl methyl sites for hydroxylation is 1. The number of primary amides is 1. The molecule has 1 aromatic carbocycles. The molecule has 4 nitrogen and oxygen atoms in total. The fourth-order valence-electron chi connectivity index (χ4n) is 1.28. The van der Waals surface area contributed by atoms with Gasteiger partial charge in [-0.3, -0.25) is 4.79 Å². The Balaban J connectivity index is 2.59. The fourth-order valence-corrected chi connectivity index (χ4v) is 1.28. The summed E-state index contributed by atoms with van der Waals surface area (Å²) in [4.78, 5) is 15.1. The van der Waals surface area contributed by atoms with Crippen molar-refractivity contribution in [2.45, 2.75) is 13.3 Å². The van der Waals surface area contributed by atoms with E-state index in [1.54, 1.807) is 18.2 Å². The predicted octanol–water partition coefficient (Wildman–Crippen LogP) is 1.49. The van der Waals surface area contributed by atoms with E-state index in [2.05, 4.69) is 4.98 Å². The molecule has 1 aromatic heterocycles. The van der Waals surface area contributed by atoms with Crippen molar-refractivity contribution >= 4 is 17.0 Å². The summed E-state index contributed by atoms with van der Waals surface area (Å²) in [5.41, 5.74) is 6.95. The average Bonchev–Trinajstić information content (AvgIpc) is 2.58. The van der Waals surface area contributed by atoms with Gasteiger partial charge in [0.25, 0.3) is 0 Å². The van der Waals surface area contributed by atoms with Crippen LogP contribution in [0.4, 0.5) is 0 Å². The lowest BCUT2D eigenvalue weighted by molar-refractivity contribution is 0.100. The molecule has 14 heavy (non-hydrogen) atoms. The summed E-state index contributed by atoms with van der Waals surface area (Å²) in [5.74, 6) is 0.211. The number of nitrogens with two attached hydrogens (primary N) is 1. The number of amides is 1. The largest absolute Gasteiger partial charge is 0.441 e. The van der Waals surface area contributed by atoms with E-state index in [1.165, 1.54) is 0 Å². The number of oxazole rings is 1. The molecule has 0 saturated carbocycles. The number of hydrogen-bond donors (Lipinski definition) is 1. The number of aromatic nitrogens is 1. The van der Waals surface area contributed by atoms with Crippen LogP contribution < -0.4 is 5.73 Å². The van der Waals surface area contributed by atoms with E-state index < -0.39 is 5.91 Å². The first-order valence-electron chi connectivity index (χ1n) is 4.40. The number of nitrogens with zero attached hydrogens (tertiary/aromatic N) is 1. The van der Waals surface area contributed by atoms with Crippen LogP contribution in [0.5, 0.6) is 0 Å². The maximum Gasteiger partial charge on any atom is 0.248 e. The average molecular weight is 190 g/mol. The zero-order chi connectivity index (χ0) is 10.1. The van der Waals surface area contributed by atoms with Crippen LogP contribution in [-0.4, -0.2) is 10.9 Å². The van der Waals surface area contributed by atoms with Gasteiger partial charge in [0.15, 0.2) is 11.5 Å². The molecule has 0 aliphatic rings. The Bertz CT molecular complexity index is 488. The first-order valence-corrected chi connectivity index (χ1v) is 4.40. The lowest BCUT2D eigenvalue weighted by atomic mass is 10.2. The van der Waals surface area contributed by atoms with Crippen LogP contribution in [0.15, 0.2) is 22.6 Å². The molecule has 2 aromatic rings. The van der Waals surface area contributed by atoms with Crippen molar-refractivity contribution in [2.75, 3.05) is 0 Å². The molecule has 4 heteroatoms. The normalized spacial score (nSPS) is 10.6. The van der Waals surface area contributed by atoms with Crippen molar-refractivity contribution in [3.8, 4) is 0 Å². The van der Waals surface area contributed by atoms with Crippen molar-refractivity contribution in [1.29, 1.82) is 0 Å². The highest BCUT2D eigenvalue weighted by Crippen LogP contribution is 2.17. The second-order valence-electron chi connectivity index (χ2n) is 3.01. The molecule has 1 amide bonds. The molecule has 0 aliphatic carbocycles. The molecule has 72 valence electrons. The van der Waals surface area contributed by atoms with Crippen LogP contribution in [0.2, 0.25) is 0 Å². The van der Waals surface area contributed by atoms with Gasteiger partial charge in [0.1, 0.15) is 5.52 Å². The SMILES string of the molecule is CCc1nc2ccc(C(N)=O)cc2o1. The van der Waals surface area contributed by atoms with Gasteiger partial charge < -0.3 is 10.2 Å². The van der Waals surface area contributed by atoms with Gasteiger partial charge in [0.2, 0.25) is 5.91 Å². The van der Waals surface area contributed by atoms with Crippen LogP contribution in [-0.2, 0) is 6.42 Å². The van der Waals surface area contributed by atoms with Gasteiger partial charge in [0.05, 0.1) is 0 Å². The smallest absolute Gasteiger partial charge is 0.248 e. The molecule has 0 atom stereocenters. The van der Waals surface area contributed by atoms with E-state index in [-0.39, 0.29) is 0 Å². The molecular weight excluding hydrogens is 180 g/mol. The molecule has 0 fully saturated rings. The maximum atomic E-state index is 10.9. The van der Waals surface area contributed by atoms with Crippen molar-refractivity contribution in [3.63, 3.8) is 0 Å². The highest BCUT2D eigenvalue weighted by molar-refractivity contribution is 5.95. The van der Waals surface area contributed by atoms with E-state index in [1.807, 2.05) is 6.92 Å². The van der Waals surface area contributed by atoms with Crippen LogP contribution >= 0.6 is 0 Å². The third kappa shape index (κ3) is 1.35. The van der Waals surface area contributed by atoms with Gasteiger partial charge in [-0.25, -0.2) is 4.98 Å². The summed E-state index contributed by atoms with van der Waals surface area (Å²) in [5, 5.41) is 0. The molecule has 0 unspecified atom stereocenters. The molecule has 1 heterocycles. The summed E-state index contributed by atoms with van der Waals surface area (Å²) < 4.78 is 5.39. The minimum Gasteiger partial charge on any atom is -0.441 e. The molecule has 0 spiro atoms. The van der Waals surface area contributed by atoms with Gasteiger partial charge in [0, 0.05) is 12.0 Å². The van der Waals surface area contributed by atoms with Crippen LogP contribution in [0, 0.1) is 0 Å². The Morgan fingerprint density at radius 2 is 2.36 bits per heavy atom. The van der Waals surface area contributed by atoms with E-state index in [0.717, 1.165) is 11.9 Å². The zero-order valence-corrected chi connectivity index (χ0v) is 7.78. The van der Waals surface area contributed by atoms with Crippen molar-refractivity contribution in [3.05, 3.63) is 29.7 Å². The third-order valence-electron chi connectivity index (χ3n) is 2.02. The summed E-state index contributed by atoms with van der Waals surface area (Å²) in [7, 11) is 0. The fraction of sp³-hybridized carbons (Fsp3) is 0.200. The standard InChI is InChI=1S/C10H10N2O2/c1-2-9-12-7-4-3-6(10(11)13)5-8(7)14-9/h3-5H,2H2,1H3,(H2,11,13). The highest BCUT2D eigenvalue weighted by atomic mass is 16.3. The summed E-state index contributed by atoms with van der Waals surface area (Å²) in [6, 6.07) is 4.99. The summed E-state index contributed by atoms with van der Waals surface area (Å²) in [6.45, 7) is 1.96. The minimum absolute atomic E-state index is 0.441. The molecular formula is C10H10N2O2. The van der Waals surface area contributed by atoms with Crippen molar-refractivity contribution < 1.29 is 9.21 Å². The Morgan fingerprint density at radius 3 is 3.00 bits per heavy atom. The molecule has 0 aliphatic heterocycles. The lowest BCUT2D eigenvalue weighted by Crippen LogP contribution is -2.10. The molecule has 2 N–H and O–H groups in total. The van der Waals surface area contributed by atoms with E-state index in [9.17, 15) is 4.79 Å². The number of rotatable bonds is 2. The number of carbonyl (C=O) groups is 1. The third-order valence-corrected chi connectivity index (χ3v) is 2.02. The van der Waals surface area contributed by atoms with Gasteiger partial charge in [-0.1, -0.05) is 6.92 Å². The summed E-state index contributed by atoms with van der Waals surface area (Å²) >= 11 is 0. The number of benzene rings is 1. The molecule has 0 radical (unpaired) electrons. The molecule has 0 saturated heterocycles. The minimum atomic E-state index is -0.457.